The summed E-state index contributed by atoms with van der Waals surface area (Å²) in [4.78, 5) is 21.0. The van der Waals surface area contributed by atoms with Crippen molar-refractivity contribution in [3.05, 3.63) is 24.0 Å². The lowest BCUT2D eigenvalue weighted by molar-refractivity contribution is 0.0313. The van der Waals surface area contributed by atoms with Crippen LogP contribution in [0.25, 0.3) is 0 Å². The van der Waals surface area contributed by atoms with Crippen LogP contribution >= 0.6 is 0 Å². The Morgan fingerprint density at radius 3 is 2.95 bits per heavy atom. The number of aromatic nitrogens is 1. The van der Waals surface area contributed by atoms with Crippen LogP contribution in [0.15, 0.2) is 18.3 Å². The van der Waals surface area contributed by atoms with Crippen LogP contribution in [0.3, 0.4) is 0 Å². The van der Waals surface area contributed by atoms with Crippen LogP contribution in [0.5, 0.6) is 0 Å². The van der Waals surface area contributed by atoms with Crippen molar-refractivity contribution in [2.75, 3.05) is 32.4 Å². The first kappa shape index (κ1) is 13.4. The highest BCUT2D eigenvalue weighted by molar-refractivity contribution is 5.92. The van der Waals surface area contributed by atoms with E-state index in [-0.39, 0.29) is 5.91 Å². The quantitative estimate of drug-likeness (QED) is 0.836. The Balaban J connectivity index is 1.69. The lowest BCUT2D eigenvalue weighted by atomic mass is 9.84. The minimum atomic E-state index is 0.0386. The zero-order valence-electron chi connectivity index (χ0n) is 12.0. The second kappa shape index (κ2) is 5.40. The number of nitrogen functional groups attached to an aromatic ring is 1. The third kappa shape index (κ3) is 2.50. The van der Waals surface area contributed by atoms with E-state index in [4.69, 9.17) is 5.73 Å². The number of nitrogens with two attached hydrogens (primary N) is 1. The molecular weight excluding hydrogens is 252 g/mol. The minimum Gasteiger partial charge on any atom is -0.397 e. The molecule has 0 aromatic carbocycles. The molecule has 1 aromatic rings. The number of carbonyl (C=O) groups is 1. The van der Waals surface area contributed by atoms with E-state index in [0.29, 0.717) is 23.3 Å². The molecule has 2 atom stereocenters. The van der Waals surface area contributed by atoms with Crippen molar-refractivity contribution >= 4 is 11.6 Å². The molecule has 2 saturated heterocycles. The summed E-state index contributed by atoms with van der Waals surface area (Å²) in [5, 5.41) is 0. The fourth-order valence-electron chi connectivity index (χ4n) is 3.53. The molecule has 108 valence electrons. The van der Waals surface area contributed by atoms with E-state index in [9.17, 15) is 4.79 Å². The van der Waals surface area contributed by atoms with Gasteiger partial charge in [-0.2, -0.15) is 0 Å². The van der Waals surface area contributed by atoms with Gasteiger partial charge in [-0.05, 0) is 50.9 Å². The molecule has 1 aromatic heterocycles. The highest BCUT2D eigenvalue weighted by Gasteiger charge is 2.36. The average molecular weight is 274 g/mol. The minimum absolute atomic E-state index is 0.0386. The number of likely N-dealkylation sites (tertiary alicyclic amines) is 2. The average Bonchev–Trinajstić information content (AvgIpc) is 2.47. The van der Waals surface area contributed by atoms with Crippen LogP contribution in [0.1, 0.15) is 29.8 Å². The van der Waals surface area contributed by atoms with Crippen molar-refractivity contribution in [2.24, 2.45) is 5.92 Å². The van der Waals surface area contributed by atoms with Gasteiger partial charge in [0, 0.05) is 19.1 Å². The third-order valence-electron chi connectivity index (χ3n) is 4.64. The molecule has 1 amide bonds. The van der Waals surface area contributed by atoms with Gasteiger partial charge in [0.05, 0.1) is 11.9 Å². The molecule has 2 N–H and O–H groups in total. The summed E-state index contributed by atoms with van der Waals surface area (Å²) in [6.07, 6.45) is 5.09. The topological polar surface area (TPSA) is 62.5 Å². The number of fused-ring (bicyclic) bond motifs is 1. The van der Waals surface area contributed by atoms with Gasteiger partial charge < -0.3 is 15.5 Å². The molecule has 0 saturated carbocycles. The normalized spacial score (nSPS) is 27.1. The zero-order chi connectivity index (χ0) is 14.1. The van der Waals surface area contributed by atoms with Gasteiger partial charge in [-0.25, -0.2) is 4.98 Å². The molecule has 2 aliphatic rings. The van der Waals surface area contributed by atoms with Gasteiger partial charge in [0.1, 0.15) is 5.69 Å². The Hall–Kier alpha value is -1.62. The first-order valence-electron chi connectivity index (χ1n) is 7.36. The molecule has 0 radical (unpaired) electrons. The first-order valence-corrected chi connectivity index (χ1v) is 7.36. The predicted molar refractivity (Wildman–Crippen MR) is 78.3 cm³/mol. The van der Waals surface area contributed by atoms with Gasteiger partial charge >= 0.3 is 0 Å². The molecular formula is C15H22N4O. The molecule has 5 nitrogen and oxygen atoms in total. The smallest absolute Gasteiger partial charge is 0.272 e. The maximum Gasteiger partial charge on any atom is 0.272 e. The number of carbonyl (C=O) groups excluding carboxylic acids is 1. The Kier molecular flexibility index (Phi) is 3.61. The van der Waals surface area contributed by atoms with Crippen molar-refractivity contribution in [2.45, 2.75) is 25.3 Å². The molecule has 2 aliphatic heterocycles. The molecule has 0 spiro atoms. The lowest BCUT2D eigenvalue weighted by Crippen LogP contribution is -2.54. The molecule has 0 bridgehead atoms. The Morgan fingerprint density at radius 1 is 1.35 bits per heavy atom. The summed E-state index contributed by atoms with van der Waals surface area (Å²) in [7, 11) is 2.20. The Morgan fingerprint density at radius 2 is 2.20 bits per heavy atom. The zero-order valence-corrected chi connectivity index (χ0v) is 12.0. The summed E-state index contributed by atoms with van der Waals surface area (Å²) >= 11 is 0. The molecule has 0 aliphatic carbocycles. The van der Waals surface area contributed by atoms with Crippen LogP contribution in [-0.2, 0) is 0 Å². The van der Waals surface area contributed by atoms with E-state index in [1.807, 2.05) is 4.90 Å². The van der Waals surface area contributed by atoms with Gasteiger partial charge in [-0.15, -0.1) is 0 Å². The summed E-state index contributed by atoms with van der Waals surface area (Å²) in [6, 6.07) is 4.10. The Bertz CT molecular complexity index is 487. The van der Waals surface area contributed by atoms with Crippen LogP contribution < -0.4 is 5.73 Å². The van der Waals surface area contributed by atoms with Crippen molar-refractivity contribution in [1.29, 1.82) is 0 Å². The summed E-state index contributed by atoms with van der Waals surface area (Å²) in [6.45, 7) is 2.88. The molecule has 2 fully saturated rings. The van der Waals surface area contributed by atoms with Crippen molar-refractivity contribution in [3.63, 3.8) is 0 Å². The van der Waals surface area contributed by atoms with Crippen molar-refractivity contribution < 1.29 is 4.79 Å². The summed E-state index contributed by atoms with van der Waals surface area (Å²) in [5.74, 6) is 0.650. The molecule has 20 heavy (non-hydrogen) atoms. The van der Waals surface area contributed by atoms with E-state index in [1.165, 1.54) is 19.4 Å². The lowest BCUT2D eigenvalue weighted by Gasteiger charge is -2.45. The predicted octanol–water partition coefficient (Wildman–Crippen LogP) is 1.22. The van der Waals surface area contributed by atoms with Crippen molar-refractivity contribution in [3.8, 4) is 0 Å². The molecule has 3 rings (SSSR count). The monoisotopic (exact) mass is 274 g/mol. The maximum atomic E-state index is 12.5. The SMILES string of the molecule is CN1CCCC2CN(C(=O)c3ccc(N)cn3)CCC21. The number of amides is 1. The number of piperidine rings is 2. The van der Waals surface area contributed by atoms with Gasteiger partial charge in [0.25, 0.3) is 5.91 Å². The van der Waals surface area contributed by atoms with Crippen LogP contribution in [0.4, 0.5) is 5.69 Å². The highest BCUT2D eigenvalue weighted by Crippen LogP contribution is 2.30. The van der Waals surface area contributed by atoms with Gasteiger partial charge in [0.2, 0.25) is 0 Å². The summed E-state index contributed by atoms with van der Waals surface area (Å²) < 4.78 is 0. The van der Waals surface area contributed by atoms with E-state index >= 15 is 0 Å². The van der Waals surface area contributed by atoms with Gasteiger partial charge in [-0.3, -0.25) is 4.79 Å². The van der Waals surface area contributed by atoms with E-state index < -0.39 is 0 Å². The molecule has 2 unspecified atom stereocenters. The van der Waals surface area contributed by atoms with Crippen molar-refractivity contribution in [1.82, 2.24) is 14.8 Å². The Labute approximate surface area is 119 Å². The second-order valence-corrected chi connectivity index (χ2v) is 5.97. The van der Waals surface area contributed by atoms with Gasteiger partial charge in [-0.1, -0.05) is 0 Å². The first-order chi connectivity index (χ1) is 9.65. The van der Waals surface area contributed by atoms with Crippen LogP contribution in [-0.4, -0.2) is 53.4 Å². The third-order valence-corrected chi connectivity index (χ3v) is 4.64. The number of hydrogen-bond donors (Lipinski definition) is 1. The van der Waals surface area contributed by atoms with E-state index in [2.05, 4.69) is 16.9 Å². The fourth-order valence-corrected chi connectivity index (χ4v) is 3.53. The number of pyridine rings is 1. The number of anilines is 1. The molecule has 3 heterocycles. The standard InChI is InChI=1S/C15H22N4O/c1-18-7-2-3-11-10-19(8-6-14(11)18)15(20)13-5-4-12(16)9-17-13/h4-5,9,11,14H,2-3,6-8,10,16H2,1H3. The van der Waals surface area contributed by atoms with E-state index in [0.717, 1.165) is 19.5 Å². The number of nitrogens with zero attached hydrogens (tertiary/aromatic N) is 3. The molecule has 5 heteroatoms. The van der Waals surface area contributed by atoms with Gasteiger partial charge in [0.15, 0.2) is 0 Å². The number of hydrogen-bond acceptors (Lipinski definition) is 4. The number of rotatable bonds is 1. The largest absolute Gasteiger partial charge is 0.397 e. The van der Waals surface area contributed by atoms with E-state index in [1.54, 1.807) is 18.3 Å². The second-order valence-electron chi connectivity index (χ2n) is 5.97. The highest BCUT2D eigenvalue weighted by atomic mass is 16.2. The summed E-state index contributed by atoms with van der Waals surface area (Å²) in [5.41, 5.74) is 6.71. The van der Waals surface area contributed by atoms with Crippen LogP contribution in [0, 0.1) is 5.92 Å². The fraction of sp³-hybridized carbons (Fsp3) is 0.600. The van der Waals surface area contributed by atoms with Crippen LogP contribution in [0.2, 0.25) is 0 Å². The maximum absolute atomic E-state index is 12.5.